The van der Waals surface area contributed by atoms with Gasteiger partial charge in [0, 0.05) is 26.3 Å². The number of nitrogens with one attached hydrogen (secondary N) is 1. The Hall–Kier alpha value is -0.240. The Kier molecular flexibility index (Phi) is 13.0. The van der Waals surface area contributed by atoms with Crippen LogP contribution in [0.15, 0.2) is 0 Å². The molecule has 0 aromatic rings. The van der Waals surface area contributed by atoms with Crippen LogP contribution in [0.2, 0.25) is 0 Å². The third-order valence-electron chi connectivity index (χ3n) is 2.85. The van der Waals surface area contributed by atoms with Crippen LogP contribution in [0.5, 0.6) is 0 Å². The molecule has 1 unspecified atom stereocenters. The fourth-order valence-corrected chi connectivity index (χ4v) is 1.81. The number of aliphatic hydroxyl groups is 2. The number of hydrogen-bond donors (Lipinski definition) is 5. The monoisotopic (exact) mass is 262 g/mol. The van der Waals surface area contributed by atoms with E-state index in [-0.39, 0.29) is 19.4 Å². The van der Waals surface area contributed by atoms with Gasteiger partial charge in [-0.25, -0.2) is 0 Å². The van der Waals surface area contributed by atoms with Crippen molar-refractivity contribution in [3.63, 3.8) is 0 Å². The third-order valence-corrected chi connectivity index (χ3v) is 2.85. The minimum absolute atomic E-state index is 0.0148. The van der Waals surface area contributed by atoms with Crippen LogP contribution in [0, 0.1) is 0 Å². The summed E-state index contributed by atoms with van der Waals surface area (Å²) in [4.78, 5) is 2.18. The molecule has 18 heavy (non-hydrogen) atoms. The molecule has 0 saturated carbocycles. The van der Waals surface area contributed by atoms with Crippen LogP contribution in [0.1, 0.15) is 25.7 Å². The molecule has 110 valence electrons. The van der Waals surface area contributed by atoms with Crippen LogP contribution < -0.4 is 16.8 Å². The summed E-state index contributed by atoms with van der Waals surface area (Å²) in [6.45, 7) is 4.51. The van der Waals surface area contributed by atoms with E-state index in [0.717, 1.165) is 51.9 Å². The second kappa shape index (κ2) is 13.2. The van der Waals surface area contributed by atoms with E-state index in [1.54, 1.807) is 0 Å². The van der Waals surface area contributed by atoms with E-state index in [1.807, 2.05) is 0 Å². The smallest absolute Gasteiger partial charge is 0.0583 e. The van der Waals surface area contributed by atoms with Gasteiger partial charge in [-0.2, -0.15) is 0 Å². The molecule has 0 aliphatic heterocycles. The molecule has 0 rings (SSSR count). The third kappa shape index (κ3) is 9.76. The van der Waals surface area contributed by atoms with Crippen LogP contribution in [-0.2, 0) is 0 Å². The summed E-state index contributed by atoms with van der Waals surface area (Å²) in [7, 11) is 0. The second-order valence-corrected chi connectivity index (χ2v) is 4.44. The van der Waals surface area contributed by atoms with Gasteiger partial charge in [0.2, 0.25) is 0 Å². The van der Waals surface area contributed by atoms with Gasteiger partial charge < -0.3 is 27.0 Å². The maximum Gasteiger partial charge on any atom is 0.0583 e. The largest absolute Gasteiger partial charge is 0.396 e. The second-order valence-electron chi connectivity index (χ2n) is 4.44. The zero-order valence-electron chi connectivity index (χ0n) is 11.4. The Balaban J connectivity index is 3.71. The van der Waals surface area contributed by atoms with Gasteiger partial charge in [0.05, 0.1) is 6.17 Å². The van der Waals surface area contributed by atoms with E-state index >= 15 is 0 Å². The fourth-order valence-electron chi connectivity index (χ4n) is 1.81. The highest BCUT2D eigenvalue weighted by Gasteiger charge is 2.12. The number of aliphatic hydroxyl groups excluding tert-OH is 2. The Bertz CT molecular complexity index is 172. The van der Waals surface area contributed by atoms with Gasteiger partial charge >= 0.3 is 0 Å². The summed E-state index contributed by atoms with van der Waals surface area (Å²) >= 11 is 0. The van der Waals surface area contributed by atoms with Gasteiger partial charge in [-0.05, 0) is 45.3 Å². The Morgan fingerprint density at radius 1 is 1.00 bits per heavy atom. The van der Waals surface area contributed by atoms with Crippen molar-refractivity contribution in [2.45, 2.75) is 31.8 Å². The normalized spacial score (nSPS) is 13.2. The van der Waals surface area contributed by atoms with Crippen molar-refractivity contribution in [3.05, 3.63) is 0 Å². The molecule has 0 spiro atoms. The predicted molar refractivity (Wildman–Crippen MR) is 74.1 cm³/mol. The maximum atomic E-state index is 8.87. The first-order valence-electron chi connectivity index (χ1n) is 6.88. The number of rotatable bonds is 13. The van der Waals surface area contributed by atoms with Crippen LogP contribution in [0.25, 0.3) is 0 Å². The molecule has 0 radical (unpaired) electrons. The molecule has 6 heteroatoms. The van der Waals surface area contributed by atoms with E-state index in [1.165, 1.54) is 0 Å². The maximum absolute atomic E-state index is 8.87. The van der Waals surface area contributed by atoms with Crippen LogP contribution in [0.3, 0.4) is 0 Å². The van der Waals surface area contributed by atoms with Gasteiger partial charge in [0.25, 0.3) is 0 Å². The SMILES string of the molecule is NCCC(N)N(CCCO)CCCNCCCO. The lowest BCUT2D eigenvalue weighted by atomic mass is 10.2. The van der Waals surface area contributed by atoms with E-state index in [9.17, 15) is 0 Å². The standard InChI is InChI=1S/C12H30N4O2/c13-5-4-12(14)16(9-3-11-18)8-1-6-15-7-2-10-17/h12,15,17-18H,1-11,13-14H2. The van der Waals surface area contributed by atoms with Gasteiger partial charge in [-0.15, -0.1) is 0 Å². The summed E-state index contributed by atoms with van der Waals surface area (Å²) < 4.78 is 0. The molecule has 1 atom stereocenters. The molecular weight excluding hydrogens is 232 g/mol. The molecule has 0 heterocycles. The first-order valence-corrected chi connectivity index (χ1v) is 6.88. The molecule has 0 bridgehead atoms. The average molecular weight is 262 g/mol. The fraction of sp³-hybridized carbons (Fsp3) is 1.00. The van der Waals surface area contributed by atoms with Crippen LogP contribution >= 0.6 is 0 Å². The minimum atomic E-state index is -0.0148. The summed E-state index contributed by atoms with van der Waals surface area (Å²) in [6, 6.07) is 0. The summed E-state index contributed by atoms with van der Waals surface area (Å²) in [5.74, 6) is 0. The van der Waals surface area contributed by atoms with Crippen molar-refractivity contribution >= 4 is 0 Å². The Labute approximate surface area is 110 Å². The van der Waals surface area contributed by atoms with Crippen molar-refractivity contribution in [1.82, 2.24) is 10.2 Å². The van der Waals surface area contributed by atoms with E-state index in [2.05, 4.69) is 10.2 Å². The van der Waals surface area contributed by atoms with Crippen LogP contribution in [0.4, 0.5) is 0 Å². The molecule has 0 amide bonds. The summed E-state index contributed by atoms with van der Waals surface area (Å²) in [6.07, 6.45) is 3.31. The molecule has 0 aliphatic carbocycles. The first kappa shape index (κ1) is 17.8. The zero-order valence-corrected chi connectivity index (χ0v) is 11.4. The highest BCUT2D eigenvalue weighted by atomic mass is 16.3. The average Bonchev–Trinajstić information content (AvgIpc) is 2.37. The lowest BCUT2D eigenvalue weighted by Crippen LogP contribution is -2.45. The molecule has 0 saturated heterocycles. The van der Waals surface area contributed by atoms with Gasteiger partial charge in [-0.1, -0.05) is 0 Å². The van der Waals surface area contributed by atoms with Crippen molar-refractivity contribution in [2.24, 2.45) is 11.5 Å². The van der Waals surface area contributed by atoms with Crippen molar-refractivity contribution < 1.29 is 10.2 Å². The van der Waals surface area contributed by atoms with E-state index in [0.29, 0.717) is 6.54 Å². The number of nitrogens with zero attached hydrogens (tertiary/aromatic N) is 1. The Morgan fingerprint density at radius 3 is 2.22 bits per heavy atom. The lowest BCUT2D eigenvalue weighted by molar-refractivity contribution is 0.168. The number of nitrogens with two attached hydrogens (primary N) is 2. The molecule has 6 nitrogen and oxygen atoms in total. The Morgan fingerprint density at radius 2 is 1.61 bits per heavy atom. The van der Waals surface area contributed by atoms with Crippen molar-refractivity contribution in [1.29, 1.82) is 0 Å². The summed E-state index contributed by atoms with van der Waals surface area (Å²) in [5.41, 5.74) is 11.6. The minimum Gasteiger partial charge on any atom is -0.396 e. The topological polar surface area (TPSA) is 108 Å². The quantitative estimate of drug-likeness (QED) is 0.208. The highest BCUT2D eigenvalue weighted by molar-refractivity contribution is 4.67. The lowest BCUT2D eigenvalue weighted by Gasteiger charge is -2.28. The van der Waals surface area contributed by atoms with Crippen molar-refractivity contribution in [3.8, 4) is 0 Å². The summed E-state index contributed by atoms with van der Waals surface area (Å²) in [5, 5.41) is 20.8. The zero-order chi connectivity index (χ0) is 13.6. The molecule has 0 aliphatic rings. The van der Waals surface area contributed by atoms with E-state index < -0.39 is 0 Å². The van der Waals surface area contributed by atoms with Gasteiger partial charge in [0.15, 0.2) is 0 Å². The highest BCUT2D eigenvalue weighted by Crippen LogP contribution is 2.00. The van der Waals surface area contributed by atoms with Gasteiger partial charge in [0.1, 0.15) is 0 Å². The molecule has 0 aromatic heterocycles. The molecule has 0 fully saturated rings. The number of hydrogen-bond acceptors (Lipinski definition) is 6. The van der Waals surface area contributed by atoms with Crippen molar-refractivity contribution in [2.75, 3.05) is 45.9 Å². The predicted octanol–water partition coefficient (Wildman–Crippen LogP) is -1.33. The molecular formula is C12H30N4O2. The van der Waals surface area contributed by atoms with E-state index in [4.69, 9.17) is 21.7 Å². The van der Waals surface area contributed by atoms with Gasteiger partial charge in [-0.3, -0.25) is 4.90 Å². The first-order chi connectivity index (χ1) is 8.76. The molecule has 7 N–H and O–H groups in total. The molecule has 0 aromatic carbocycles. The van der Waals surface area contributed by atoms with Crippen LogP contribution in [-0.4, -0.2) is 67.2 Å².